The molecular formula is C32H37ClN4O6S. The quantitative estimate of drug-likeness (QED) is 0.283. The number of carboxylic acids is 1. The maximum absolute atomic E-state index is 13.5. The first-order valence-electron chi connectivity index (χ1n) is 14.7. The van der Waals surface area contributed by atoms with Gasteiger partial charge in [-0.25, -0.2) is 14.6 Å². The molecule has 2 aliphatic rings. The number of rotatable bonds is 9. The van der Waals surface area contributed by atoms with E-state index in [0.29, 0.717) is 36.2 Å². The number of halogens is 1. The standard InChI is InChI=1S/C32H37ClN4O6S/c1-32(2,3)43-31(41)36-17-15-35(16-18-36)29-34-28(33)26(44-29)19-37(14-8-13-27(38)39)30(40)42-20-25-23-11-6-4-9-21(23)22-10-5-7-12-24(22)25/h4-7,9-12,25H,8,13-20H2,1-3H3,(H,38,39). The fourth-order valence-electron chi connectivity index (χ4n) is 5.48. The van der Waals surface area contributed by atoms with E-state index in [9.17, 15) is 19.5 Å². The number of anilines is 1. The number of piperazine rings is 1. The predicted molar refractivity (Wildman–Crippen MR) is 169 cm³/mol. The lowest BCUT2D eigenvalue weighted by Crippen LogP contribution is -2.50. The van der Waals surface area contributed by atoms with Crippen molar-refractivity contribution in [1.29, 1.82) is 0 Å². The second kappa shape index (κ2) is 13.4. The summed E-state index contributed by atoms with van der Waals surface area (Å²) >= 11 is 7.94. The smallest absolute Gasteiger partial charge is 0.410 e. The van der Waals surface area contributed by atoms with Gasteiger partial charge in [-0.15, -0.1) is 0 Å². The van der Waals surface area contributed by atoms with Gasteiger partial charge in [0.15, 0.2) is 5.13 Å². The Kier molecular flexibility index (Phi) is 9.65. The average Bonchev–Trinajstić information content (AvgIpc) is 3.51. The lowest BCUT2D eigenvalue weighted by atomic mass is 9.98. The summed E-state index contributed by atoms with van der Waals surface area (Å²) in [5.41, 5.74) is 3.94. The minimum Gasteiger partial charge on any atom is -0.481 e. The zero-order chi connectivity index (χ0) is 31.4. The van der Waals surface area contributed by atoms with Crippen molar-refractivity contribution < 1.29 is 29.0 Å². The maximum atomic E-state index is 13.5. The molecule has 12 heteroatoms. The fourth-order valence-corrected chi connectivity index (χ4v) is 6.80. The lowest BCUT2D eigenvalue weighted by molar-refractivity contribution is -0.137. The average molecular weight is 641 g/mol. The predicted octanol–water partition coefficient (Wildman–Crippen LogP) is 6.47. The van der Waals surface area contributed by atoms with Gasteiger partial charge in [0, 0.05) is 45.1 Å². The Balaban J connectivity index is 1.24. The van der Waals surface area contributed by atoms with E-state index in [1.807, 2.05) is 45.0 Å². The molecule has 1 aromatic heterocycles. The van der Waals surface area contributed by atoms with Crippen LogP contribution < -0.4 is 4.90 Å². The second-order valence-electron chi connectivity index (χ2n) is 11.9. The Hall–Kier alpha value is -3.83. The number of aliphatic carboxylic acids is 1. The summed E-state index contributed by atoms with van der Waals surface area (Å²) in [6, 6.07) is 16.3. The molecule has 0 bridgehead atoms. The van der Waals surface area contributed by atoms with Gasteiger partial charge in [-0.2, -0.15) is 0 Å². The second-order valence-corrected chi connectivity index (χ2v) is 13.3. The van der Waals surface area contributed by atoms with Crippen LogP contribution in [0.4, 0.5) is 14.7 Å². The summed E-state index contributed by atoms with van der Waals surface area (Å²) in [7, 11) is 0. The molecular weight excluding hydrogens is 604 g/mol. The van der Waals surface area contributed by atoms with Crippen molar-refractivity contribution in [2.45, 2.75) is 51.7 Å². The van der Waals surface area contributed by atoms with Crippen LogP contribution in [0.5, 0.6) is 0 Å². The van der Waals surface area contributed by atoms with Crippen LogP contribution in [0.1, 0.15) is 55.5 Å². The normalized spacial score (nSPS) is 14.6. The molecule has 2 amide bonds. The van der Waals surface area contributed by atoms with Crippen LogP contribution in [0, 0.1) is 0 Å². The Bertz CT molecular complexity index is 1470. The van der Waals surface area contributed by atoms with E-state index >= 15 is 0 Å². The number of aromatic nitrogens is 1. The third-order valence-electron chi connectivity index (χ3n) is 7.59. The number of benzene rings is 2. The first-order chi connectivity index (χ1) is 21.0. The van der Waals surface area contributed by atoms with Crippen molar-refractivity contribution in [3.05, 3.63) is 69.7 Å². The van der Waals surface area contributed by atoms with Crippen molar-refractivity contribution in [3.8, 4) is 11.1 Å². The molecule has 1 aliphatic heterocycles. The third kappa shape index (κ3) is 7.44. The Morgan fingerprint density at radius 2 is 1.64 bits per heavy atom. The van der Waals surface area contributed by atoms with Crippen LogP contribution in [0.2, 0.25) is 5.15 Å². The van der Waals surface area contributed by atoms with E-state index in [1.165, 1.54) is 16.2 Å². The van der Waals surface area contributed by atoms with Gasteiger partial charge in [0.2, 0.25) is 0 Å². The van der Waals surface area contributed by atoms with Crippen molar-refractivity contribution in [2.75, 3.05) is 44.2 Å². The van der Waals surface area contributed by atoms with E-state index in [0.717, 1.165) is 22.3 Å². The number of hydrogen-bond acceptors (Lipinski definition) is 8. The van der Waals surface area contributed by atoms with Crippen molar-refractivity contribution in [2.24, 2.45) is 0 Å². The molecule has 0 spiro atoms. The Morgan fingerprint density at radius 1 is 1.02 bits per heavy atom. The van der Waals surface area contributed by atoms with Gasteiger partial charge in [0.25, 0.3) is 0 Å². The highest BCUT2D eigenvalue weighted by molar-refractivity contribution is 7.16. The van der Waals surface area contributed by atoms with E-state index in [1.54, 1.807) is 4.90 Å². The number of carboxylic acid groups (broad SMARTS) is 1. The fraction of sp³-hybridized carbons (Fsp3) is 0.438. The van der Waals surface area contributed by atoms with Crippen LogP contribution in [0.15, 0.2) is 48.5 Å². The number of thiazole rings is 1. The number of hydrogen-bond donors (Lipinski definition) is 1. The minimum atomic E-state index is -0.930. The number of nitrogens with zero attached hydrogens (tertiary/aromatic N) is 4. The molecule has 1 fully saturated rings. The molecule has 2 heterocycles. The van der Waals surface area contributed by atoms with Gasteiger partial charge in [-0.1, -0.05) is 71.5 Å². The lowest BCUT2D eigenvalue weighted by Gasteiger charge is -2.35. The monoisotopic (exact) mass is 640 g/mol. The molecule has 0 radical (unpaired) electrons. The summed E-state index contributed by atoms with van der Waals surface area (Å²) in [6.45, 7) is 8.13. The number of fused-ring (bicyclic) bond motifs is 3. The first kappa shape index (κ1) is 31.6. The van der Waals surface area contributed by atoms with Crippen molar-refractivity contribution >= 4 is 46.2 Å². The van der Waals surface area contributed by atoms with E-state index in [-0.39, 0.29) is 49.7 Å². The van der Waals surface area contributed by atoms with E-state index in [2.05, 4.69) is 34.1 Å². The summed E-state index contributed by atoms with van der Waals surface area (Å²) in [5.74, 6) is -1.02. The molecule has 10 nitrogen and oxygen atoms in total. The topological polar surface area (TPSA) is 113 Å². The van der Waals surface area contributed by atoms with Gasteiger partial charge >= 0.3 is 18.2 Å². The molecule has 1 aliphatic carbocycles. The van der Waals surface area contributed by atoms with Gasteiger partial charge in [-0.05, 0) is 49.4 Å². The molecule has 44 heavy (non-hydrogen) atoms. The SMILES string of the molecule is CC(C)(C)OC(=O)N1CCN(c2nc(Cl)c(CN(CCCC(=O)O)C(=O)OCC3c4ccccc4-c4ccccc43)s2)CC1. The van der Waals surface area contributed by atoms with Crippen LogP contribution in [0.3, 0.4) is 0 Å². The minimum absolute atomic E-state index is 0.0727. The summed E-state index contributed by atoms with van der Waals surface area (Å²) < 4.78 is 11.4. The largest absolute Gasteiger partial charge is 0.481 e. The van der Waals surface area contributed by atoms with Crippen LogP contribution in [-0.2, 0) is 20.8 Å². The zero-order valence-electron chi connectivity index (χ0n) is 25.1. The van der Waals surface area contributed by atoms with Crippen molar-refractivity contribution in [3.63, 3.8) is 0 Å². The number of ether oxygens (including phenoxy) is 2. The van der Waals surface area contributed by atoms with Crippen LogP contribution in [0.25, 0.3) is 11.1 Å². The van der Waals surface area contributed by atoms with Crippen LogP contribution in [-0.4, -0.2) is 83.0 Å². The molecule has 1 saturated heterocycles. The van der Waals surface area contributed by atoms with Crippen molar-refractivity contribution in [1.82, 2.24) is 14.8 Å². The number of carbonyl (C=O) groups excluding carboxylic acids is 2. The third-order valence-corrected chi connectivity index (χ3v) is 9.11. The van der Waals surface area contributed by atoms with Gasteiger partial charge in [0.1, 0.15) is 17.4 Å². The molecule has 5 rings (SSSR count). The van der Waals surface area contributed by atoms with E-state index < -0.39 is 17.7 Å². The van der Waals surface area contributed by atoms with Crippen LogP contribution >= 0.6 is 22.9 Å². The molecule has 234 valence electrons. The summed E-state index contributed by atoms with van der Waals surface area (Å²) in [5, 5.41) is 10.2. The number of carbonyl (C=O) groups is 3. The molecule has 0 unspecified atom stereocenters. The summed E-state index contributed by atoms with van der Waals surface area (Å²) in [6.07, 6.45) is -0.670. The molecule has 0 saturated carbocycles. The Labute approximate surface area is 266 Å². The maximum Gasteiger partial charge on any atom is 0.410 e. The highest BCUT2D eigenvalue weighted by Crippen LogP contribution is 2.44. The molecule has 3 aromatic rings. The molecule has 0 atom stereocenters. The van der Waals surface area contributed by atoms with Gasteiger partial charge < -0.3 is 29.3 Å². The van der Waals surface area contributed by atoms with Gasteiger partial charge in [-0.3, -0.25) is 4.79 Å². The molecule has 1 N–H and O–H groups in total. The number of amides is 2. The molecule has 2 aromatic carbocycles. The van der Waals surface area contributed by atoms with E-state index in [4.69, 9.17) is 21.1 Å². The first-order valence-corrected chi connectivity index (χ1v) is 15.9. The Morgan fingerprint density at radius 3 is 2.23 bits per heavy atom. The van der Waals surface area contributed by atoms with Gasteiger partial charge in [0.05, 0.1) is 11.4 Å². The summed E-state index contributed by atoms with van der Waals surface area (Å²) in [4.78, 5) is 47.6. The highest BCUT2D eigenvalue weighted by atomic mass is 35.5. The highest BCUT2D eigenvalue weighted by Gasteiger charge is 2.31. The zero-order valence-corrected chi connectivity index (χ0v) is 26.7.